The largest absolute Gasteiger partial charge is 0.463 e. The van der Waals surface area contributed by atoms with Crippen LogP contribution < -0.4 is 5.32 Å². The van der Waals surface area contributed by atoms with Crippen molar-refractivity contribution in [1.82, 2.24) is 0 Å². The van der Waals surface area contributed by atoms with Gasteiger partial charge in [-0.1, -0.05) is 0 Å². The van der Waals surface area contributed by atoms with Gasteiger partial charge in [0.15, 0.2) is 0 Å². The number of esters is 1. The maximum atomic E-state index is 11.0. The number of carbonyl (C=O) groups is 2. The smallest absolute Gasteiger partial charge is 0.376 e. The van der Waals surface area contributed by atoms with Crippen molar-refractivity contribution in [2.24, 2.45) is 0 Å². The monoisotopic (exact) mass is 183 g/mol. The molecule has 0 aliphatic carbocycles. The maximum absolute atomic E-state index is 11.0. The minimum absolute atomic E-state index is 0.00213. The van der Waals surface area contributed by atoms with E-state index in [-0.39, 0.29) is 11.7 Å². The van der Waals surface area contributed by atoms with E-state index in [9.17, 15) is 9.59 Å². The molecule has 5 heteroatoms. The third-order valence-corrected chi connectivity index (χ3v) is 1.35. The van der Waals surface area contributed by atoms with Crippen LogP contribution in [0.2, 0.25) is 0 Å². The molecular weight excluding hydrogens is 174 g/mol. The Morgan fingerprint density at radius 2 is 2.23 bits per heavy atom. The number of hydrogen-bond acceptors (Lipinski definition) is 4. The Morgan fingerprint density at radius 1 is 1.54 bits per heavy atom. The first-order chi connectivity index (χ1) is 6.15. The lowest BCUT2D eigenvalue weighted by molar-refractivity contribution is -0.114. The van der Waals surface area contributed by atoms with Crippen LogP contribution in [0.3, 0.4) is 0 Å². The summed E-state index contributed by atoms with van der Waals surface area (Å²) in [5, 5.41) is 2.44. The van der Waals surface area contributed by atoms with Crippen molar-refractivity contribution in [3.05, 3.63) is 18.1 Å². The highest BCUT2D eigenvalue weighted by atomic mass is 16.5. The summed E-state index contributed by atoms with van der Waals surface area (Å²) in [5.74, 6) is -0.891. The van der Waals surface area contributed by atoms with Gasteiger partial charge in [-0.2, -0.15) is 0 Å². The topological polar surface area (TPSA) is 68.5 Å². The SMILES string of the molecule is COC(=O)c1occc1NC(C)=O. The number of amides is 1. The fourth-order valence-electron chi connectivity index (χ4n) is 0.848. The summed E-state index contributed by atoms with van der Waals surface area (Å²) >= 11 is 0. The van der Waals surface area contributed by atoms with Crippen molar-refractivity contribution in [1.29, 1.82) is 0 Å². The van der Waals surface area contributed by atoms with Crippen LogP contribution in [0.5, 0.6) is 0 Å². The molecular formula is C8H9NO4. The molecule has 1 aromatic rings. The van der Waals surface area contributed by atoms with E-state index < -0.39 is 5.97 Å². The predicted molar refractivity (Wildman–Crippen MR) is 44.4 cm³/mol. The van der Waals surface area contributed by atoms with Crippen LogP contribution in [0, 0.1) is 0 Å². The third kappa shape index (κ3) is 2.08. The molecule has 0 aliphatic rings. The molecule has 1 heterocycles. The second kappa shape index (κ2) is 3.75. The van der Waals surface area contributed by atoms with Crippen molar-refractivity contribution >= 4 is 17.6 Å². The highest BCUT2D eigenvalue weighted by Crippen LogP contribution is 2.17. The molecule has 13 heavy (non-hydrogen) atoms. The second-order valence-electron chi connectivity index (χ2n) is 2.34. The number of rotatable bonds is 2. The van der Waals surface area contributed by atoms with Gasteiger partial charge in [0.05, 0.1) is 19.1 Å². The number of methoxy groups -OCH3 is 1. The van der Waals surface area contributed by atoms with E-state index in [1.54, 1.807) is 0 Å². The summed E-state index contributed by atoms with van der Waals surface area (Å²) in [6.45, 7) is 1.34. The van der Waals surface area contributed by atoms with Crippen molar-refractivity contribution in [2.75, 3.05) is 12.4 Å². The molecule has 0 aliphatic heterocycles. The summed E-state index contributed by atoms with van der Waals surface area (Å²) in [4.78, 5) is 21.7. The number of nitrogens with one attached hydrogen (secondary N) is 1. The van der Waals surface area contributed by atoms with Gasteiger partial charge in [-0.05, 0) is 0 Å². The third-order valence-electron chi connectivity index (χ3n) is 1.35. The molecule has 70 valence electrons. The first-order valence-corrected chi connectivity index (χ1v) is 3.58. The number of furan rings is 1. The molecule has 1 N–H and O–H groups in total. The molecule has 0 atom stereocenters. The minimum atomic E-state index is -0.617. The van der Waals surface area contributed by atoms with Crippen LogP contribution in [0.25, 0.3) is 0 Å². The zero-order valence-corrected chi connectivity index (χ0v) is 7.29. The summed E-state index contributed by atoms with van der Waals surface area (Å²) in [6, 6.07) is 1.48. The van der Waals surface area contributed by atoms with Gasteiger partial charge in [-0.25, -0.2) is 4.79 Å². The predicted octanol–water partition coefficient (Wildman–Crippen LogP) is 1.02. The van der Waals surface area contributed by atoms with Crippen molar-refractivity contribution < 1.29 is 18.7 Å². The van der Waals surface area contributed by atoms with E-state index >= 15 is 0 Å². The lowest BCUT2D eigenvalue weighted by Crippen LogP contribution is -2.09. The van der Waals surface area contributed by atoms with Crippen LogP contribution in [-0.4, -0.2) is 19.0 Å². The van der Waals surface area contributed by atoms with Crippen molar-refractivity contribution in [3.8, 4) is 0 Å². The lowest BCUT2D eigenvalue weighted by Gasteiger charge is -1.99. The summed E-state index contributed by atoms with van der Waals surface area (Å²) in [7, 11) is 1.24. The van der Waals surface area contributed by atoms with Crippen LogP contribution in [-0.2, 0) is 9.53 Å². The van der Waals surface area contributed by atoms with E-state index in [4.69, 9.17) is 4.42 Å². The highest BCUT2D eigenvalue weighted by Gasteiger charge is 2.16. The normalized spacial score (nSPS) is 9.38. The van der Waals surface area contributed by atoms with E-state index in [2.05, 4.69) is 10.1 Å². The second-order valence-corrected chi connectivity index (χ2v) is 2.34. The van der Waals surface area contributed by atoms with Gasteiger partial charge in [0.25, 0.3) is 0 Å². The van der Waals surface area contributed by atoms with Gasteiger partial charge in [-0.3, -0.25) is 4.79 Å². The molecule has 5 nitrogen and oxygen atoms in total. The maximum Gasteiger partial charge on any atom is 0.376 e. The standard InChI is InChI=1S/C8H9NO4/c1-5(10)9-6-3-4-13-7(6)8(11)12-2/h3-4H,1-2H3,(H,9,10). The zero-order chi connectivity index (χ0) is 9.84. The Morgan fingerprint density at radius 3 is 2.77 bits per heavy atom. The molecule has 1 aromatic heterocycles. The molecule has 0 saturated carbocycles. The molecule has 0 spiro atoms. The molecule has 0 bridgehead atoms. The van der Waals surface area contributed by atoms with Crippen LogP contribution in [0.4, 0.5) is 5.69 Å². The Hall–Kier alpha value is -1.78. The Kier molecular flexibility index (Phi) is 2.69. The molecule has 1 amide bonds. The van der Waals surface area contributed by atoms with Gasteiger partial charge in [-0.15, -0.1) is 0 Å². The minimum Gasteiger partial charge on any atom is -0.463 e. The Bertz CT molecular complexity index is 329. The summed E-state index contributed by atoms with van der Waals surface area (Å²) < 4.78 is 9.26. The molecule has 0 saturated heterocycles. The van der Waals surface area contributed by atoms with Crippen molar-refractivity contribution in [2.45, 2.75) is 6.92 Å². The average molecular weight is 183 g/mol. The molecule has 0 unspecified atom stereocenters. The van der Waals surface area contributed by atoms with Gasteiger partial charge >= 0.3 is 5.97 Å². The van der Waals surface area contributed by atoms with E-state index in [0.29, 0.717) is 5.69 Å². The molecule has 1 rings (SSSR count). The molecule has 0 radical (unpaired) electrons. The molecule has 0 aromatic carbocycles. The van der Waals surface area contributed by atoms with Gasteiger partial charge in [0, 0.05) is 13.0 Å². The van der Waals surface area contributed by atoms with Crippen LogP contribution >= 0.6 is 0 Å². The number of ether oxygens (including phenoxy) is 1. The average Bonchev–Trinajstić information content (AvgIpc) is 2.50. The van der Waals surface area contributed by atoms with Gasteiger partial charge < -0.3 is 14.5 Å². The van der Waals surface area contributed by atoms with Crippen LogP contribution in [0.1, 0.15) is 17.5 Å². The van der Waals surface area contributed by atoms with E-state index in [1.807, 2.05) is 0 Å². The van der Waals surface area contributed by atoms with Gasteiger partial charge in [0.1, 0.15) is 0 Å². The lowest BCUT2D eigenvalue weighted by atomic mass is 10.3. The summed E-state index contributed by atoms with van der Waals surface area (Å²) in [5.41, 5.74) is 0.319. The number of carbonyl (C=O) groups excluding carboxylic acids is 2. The highest BCUT2D eigenvalue weighted by molar-refractivity contribution is 5.98. The number of anilines is 1. The quantitative estimate of drug-likeness (QED) is 0.695. The van der Waals surface area contributed by atoms with Crippen molar-refractivity contribution in [3.63, 3.8) is 0 Å². The zero-order valence-electron chi connectivity index (χ0n) is 7.29. The Balaban J connectivity index is 2.89. The Labute approximate surface area is 74.7 Å². The van der Waals surface area contributed by atoms with Gasteiger partial charge in [0.2, 0.25) is 11.7 Å². The fourth-order valence-corrected chi connectivity index (χ4v) is 0.848. The van der Waals surface area contributed by atoms with E-state index in [1.165, 1.54) is 26.4 Å². The molecule has 0 fully saturated rings. The first-order valence-electron chi connectivity index (χ1n) is 3.58. The fraction of sp³-hybridized carbons (Fsp3) is 0.250. The van der Waals surface area contributed by atoms with Crippen LogP contribution in [0.15, 0.2) is 16.7 Å². The number of hydrogen-bond donors (Lipinski definition) is 1. The summed E-state index contributed by atoms with van der Waals surface area (Å²) in [6.07, 6.45) is 1.30. The van der Waals surface area contributed by atoms with E-state index in [0.717, 1.165) is 0 Å². The first kappa shape index (κ1) is 9.31.